The summed E-state index contributed by atoms with van der Waals surface area (Å²) >= 11 is 6.18. The number of esters is 1. The molecule has 33 heavy (non-hydrogen) atoms. The first-order valence-electron chi connectivity index (χ1n) is 10.3. The normalized spacial score (nSPS) is 13.5. The van der Waals surface area contributed by atoms with Gasteiger partial charge < -0.3 is 10.1 Å². The van der Waals surface area contributed by atoms with Crippen LogP contribution in [0, 0.1) is 20.8 Å². The number of hydrogen-bond acceptors (Lipinski definition) is 5. The van der Waals surface area contributed by atoms with E-state index < -0.39 is 17.8 Å². The zero-order valence-electron chi connectivity index (χ0n) is 18.3. The number of nitrogens with one attached hydrogen (secondary N) is 1. The molecule has 3 aromatic carbocycles. The van der Waals surface area contributed by atoms with Gasteiger partial charge in [-0.3, -0.25) is 9.59 Å². The summed E-state index contributed by atoms with van der Waals surface area (Å²) in [4.78, 5) is 39.0. The Bertz CT molecular complexity index is 1290. The fraction of sp³-hybridized carbons (Fsp3) is 0.115. The highest BCUT2D eigenvalue weighted by atomic mass is 35.5. The van der Waals surface area contributed by atoms with Crippen LogP contribution >= 0.6 is 11.6 Å². The minimum absolute atomic E-state index is 0.0204. The predicted octanol–water partition coefficient (Wildman–Crippen LogP) is 5.27. The van der Waals surface area contributed by atoms with Gasteiger partial charge in [0.2, 0.25) is 0 Å². The second-order valence-electron chi connectivity index (χ2n) is 7.76. The molecule has 6 nitrogen and oxygen atoms in total. The zero-order chi connectivity index (χ0) is 23.7. The van der Waals surface area contributed by atoms with E-state index in [0.29, 0.717) is 22.7 Å². The van der Waals surface area contributed by atoms with Crippen LogP contribution in [-0.2, 0) is 9.59 Å². The number of carbonyl (C=O) groups is 3. The molecule has 0 fully saturated rings. The van der Waals surface area contributed by atoms with Crippen LogP contribution in [-0.4, -0.2) is 17.8 Å². The molecule has 1 aliphatic heterocycles. The van der Waals surface area contributed by atoms with Gasteiger partial charge in [0.1, 0.15) is 16.5 Å². The summed E-state index contributed by atoms with van der Waals surface area (Å²) < 4.78 is 5.51. The summed E-state index contributed by atoms with van der Waals surface area (Å²) in [6.45, 7) is 5.75. The van der Waals surface area contributed by atoms with Gasteiger partial charge in [-0.1, -0.05) is 41.4 Å². The highest BCUT2D eigenvalue weighted by Crippen LogP contribution is 2.30. The Morgan fingerprint density at radius 2 is 1.55 bits per heavy atom. The highest BCUT2D eigenvalue weighted by molar-refractivity contribution is 6.53. The predicted molar refractivity (Wildman–Crippen MR) is 127 cm³/mol. The molecule has 2 amide bonds. The van der Waals surface area contributed by atoms with E-state index in [1.54, 1.807) is 42.5 Å². The lowest BCUT2D eigenvalue weighted by Gasteiger charge is -2.15. The average Bonchev–Trinajstić information content (AvgIpc) is 3.01. The van der Waals surface area contributed by atoms with Gasteiger partial charge in [0.15, 0.2) is 0 Å². The second-order valence-corrected chi connectivity index (χ2v) is 8.14. The molecule has 7 heteroatoms. The van der Waals surface area contributed by atoms with Crippen LogP contribution in [0.1, 0.15) is 27.0 Å². The Balaban J connectivity index is 1.49. The Hall–Kier alpha value is -3.90. The maximum atomic E-state index is 12.9. The lowest BCUT2D eigenvalue weighted by atomic mass is 10.1. The van der Waals surface area contributed by atoms with Crippen LogP contribution in [0.2, 0.25) is 0 Å². The molecule has 0 aromatic heterocycles. The Kier molecular flexibility index (Phi) is 6.03. The molecule has 1 aliphatic rings. The van der Waals surface area contributed by atoms with Crippen molar-refractivity contribution in [3.8, 4) is 5.75 Å². The molecule has 0 atom stereocenters. The number of amides is 2. The van der Waals surface area contributed by atoms with Crippen molar-refractivity contribution in [2.24, 2.45) is 0 Å². The van der Waals surface area contributed by atoms with E-state index in [2.05, 4.69) is 5.32 Å². The van der Waals surface area contributed by atoms with Gasteiger partial charge >= 0.3 is 5.97 Å². The third-order valence-corrected chi connectivity index (χ3v) is 5.82. The monoisotopic (exact) mass is 460 g/mol. The van der Waals surface area contributed by atoms with Gasteiger partial charge in [-0.2, -0.15) is 0 Å². The van der Waals surface area contributed by atoms with Crippen molar-refractivity contribution in [1.82, 2.24) is 0 Å². The van der Waals surface area contributed by atoms with Crippen molar-refractivity contribution in [2.45, 2.75) is 20.8 Å². The van der Waals surface area contributed by atoms with Crippen molar-refractivity contribution >= 4 is 40.8 Å². The first kappa shape index (κ1) is 22.3. The molecule has 0 spiro atoms. The SMILES string of the molecule is Cc1ccc(N2C(=O)C(Cl)=C(Nc3ccc(C(=O)Oc4cccc(C)c4C)cc3)C2=O)cc1. The summed E-state index contributed by atoms with van der Waals surface area (Å²) in [5.41, 5.74) is 4.19. The smallest absolute Gasteiger partial charge is 0.343 e. The van der Waals surface area contributed by atoms with E-state index in [1.165, 1.54) is 0 Å². The average molecular weight is 461 g/mol. The highest BCUT2D eigenvalue weighted by Gasteiger charge is 2.38. The number of nitrogens with zero attached hydrogens (tertiary/aromatic N) is 1. The molecule has 1 heterocycles. The van der Waals surface area contributed by atoms with Crippen LogP contribution in [0.3, 0.4) is 0 Å². The lowest BCUT2D eigenvalue weighted by Crippen LogP contribution is -2.32. The van der Waals surface area contributed by atoms with E-state index in [9.17, 15) is 14.4 Å². The molecule has 0 aliphatic carbocycles. The first-order chi connectivity index (χ1) is 15.8. The minimum Gasteiger partial charge on any atom is -0.423 e. The number of carbonyl (C=O) groups excluding carboxylic acids is 3. The Morgan fingerprint density at radius 3 is 2.21 bits per heavy atom. The molecular formula is C26H21ClN2O4. The quantitative estimate of drug-likeness (QED) is 0.319. The number of imide groups is 1. The fourth-order valence-electron chi connectivity index (χ4n) is 3.37. The van der Waals surface area contributed by atoms with Crippen molar-refractivity contribution < 1.29 is 19.1 Å². The maximum Gasteiger partial charge on any atom is 0.343 e. The molecule has 166 valence electrons. The van der Waals surface area contributed by atoms with Crippen LogP contribution in [0.15, 0.2) is 77.5 Å². The van der Waals surface area contributed by atoms with Gasteiger partial charge in [-0.15, -0.1) is 0 Å². The molecule has 4 rings (SSSR count). The van der Waals surface area contributed by atoms with Gasteiger partial charge in [-0.25, -0.2) is 9.69 Å². The van der Waals surface area contributed by atoms with Crippen LogP contribution in [0.25, 0.3) is 0 Å². The van der Waals surface area contributed by atoms with E-state index in [1.807, 2.05) is 45.0 Å². The number of ether oxygens (including phenoxy) is 1. The molecule has 1 N–H and O–H groups in total. The molecule has 0 radical (unpaired) electrons. The van der Waals surface area contributed by atoms with E-state index in [-0.39, 0.29) is 10.7 Å². The fourth-order valence-corrected chi connectivity index (χ4v) is 3.58. The van der Waals surface area contributed by atoms with Crippen molar-refractivity contribution in [2.75, 3.05) is 10.2 Å². The number of anilines is 2. The zero-order valence-corrected chi connectivity index (χ0v) is 19.1. The summed E-state index contributed by atoms with van der Waals surface area (Å²) in [5.74, 6) is -1.13. The van der Waals surface area contributed by atoms with Crippen molar-refractivity contribution in [1.29, 1.82) is 0 Å². The number of benzene rings is 3. The van der Waals surface area contributed by atoms with E-state index in [0.717, 1.165) is 21.6 Å². The van der Waals surface area contributed by atoms with Crippen LogP contribution < -0.4 is 15.0 Å². The third kappa shape index (κ3) is 4.38. The molecule has 0 bridgehead atoms. The number of halogens is 1. The van der Waals surface area contributed by atoms with Gasteiger partial charge in [0.05, 0.1) is 11.3 Å². The van der Waals surface area contributed by atoms with Crippen LogP contribution in [0.5, 0.6) is 5.75 Å². The third-order valence-electron chi connectivity index (χ3n) is 5.47. The van der Waals surface area contributed by atoms with Gasteiger partial charge in [-0.05, 0) is 74.4 Å². The minimum atomic E-state index is -0.596. The Labute approximate surface area is 196 Å². The molecule has 0 saturated carbocycles. The summed E-state index contributed by atoms with van der Waals surface area (Å²) in [7, 11) is 0. The first-order valence-corrected chi connectivity index (χ1v) is 10.6. The topological polar surface area (TPSA) is 75.7 Å². The van der Waals surface area contributed by atoms with Crippen LogP contribution in [0.4, 0.5) is 11.4 Å². The summed E-state index contributed by atoms with van der Waals surface area (Å²) in [5, 5.41) is 2.70. The van der Waals surface area contributed by atoms with E-state index >= 15 is 0 Å². The number of aryl methyl sites for hydroxylation is 2. The number of rotatable bonds is 5. The summed E-state index contributed by atoms with van der Waals surface area (Å²) in [6, 6.07) is 18.9. The molecule has 3 aromatic rings. The lowest BCUT2D eigenvalue weighted by molar-refractivity contribution is -0.120. The second kappa shape index (κ2) is 8.92. The van der Waals surface area contributed by atoms with Gasteiger partial charge in [0.25, 0.3) is 11.8 Å². The largest absolute Gasteiger partial charge is 0.423 e. The van der Waals surface area contributed by atoms with Gasteiger partial charge in [0, 0.05) is 5.69 Å². The van der Waals surface area contributed by atoms with Crippen molar-refractivity contribution in [3.05, 3.63) is 99.7 Å². The van der Waals surface area contributed by atoms with Crippen molar-refractivity contribution in [3.63, 3.8) is 0 Å². The number of hydrogen-bond donors (Lipinski definition) is 1. The molecular weight excluding hydrogens is 440 g/mol. The summed E-state index contributed by atoms with van der Waals surface area (Å²) in [6.07, 6.45) is 0. The molecule has 0 unspecified atom stereocenters. The maximum absolute atomic E-state index is 12.9. The Morgan fingerprint density at radius 1 is 0.879 bits per heavy atom. The standard InChI is InChI=1S/C26H21ClN2O4/c1-15-7-13-20(14-8-15)29-24(30)22(27)23(25(29)31)28-19-11-9-18(10-12-19)26(32)33-21-6-4-5-16(2)17(21)3/h4-14,28H,1-3H3. The molecule has 0 saturated heterocycles. The van der Waals surface area contributed by atoms with E-state index in [4.69, 9.17) is 16.3 Å².